The smallest absolute Gasteiger partial charge is 0.254 e. The van der Waals surface area contributed by atoms with E-state index >= 15 is 0 Å². The van der Waals surface area contributed by atoms with Crippen molar-refractivity contribution in [3.05, 3.63) is 84.2 Å². The molecular formula is C23H28N4O. The van der Waals surface area contributed by atoms with Gasteiger partial charge in [0.15, 0.2) is 0 Å². The highest BCUT2D eigenvalue weighted by Crippen LogP contribution is 2.10. The molecule has 0 aliphatic heterocycles. The molecule has 28 heavy (non-hydrogen) atoms. The van der Waals surface area contributed by atoms with Crippen LogP contribution in [-0.4, -0.2) is 46.3 Å². The maximum atomic E-state index is 12.7. The molecule has 0 spiro atoms. The van der Waals surface area contributed by atoms with Gasteiger partial charge in [0.05, 0.1) is 17.4 Å². The maximum absolute atomic E-state index is 12.7. The normalized spacial score (nSPS) is 12.1. The van der Waals surface area contributed by atoms with Crippen molar-refractivity contribution in [1.82, 2.24) is 20.0 Å². The van der Waals surface area contributed by atoms with Crippen LogP contribution in [0.5, 0.6) is 0 Å². The van der Waals surface area contributed by atoms with Gasteiger partial charge in [0.1, 0.15) is 0 Å². The van der Waals surface area contributed by atoms with Crippen LogP contribution in [-0.2, 0) is 6.42 Å². The van der Waals surface area contributed by atoms with E-state index in [-0.39, 0.29) is 11.9 Å². The van der Waals surface area contributed by atoms with Crippen molar-refractivity contribution in [1.29, 1.82) is 0 Å². The molecule has 3 rings (SSSR count). The molecule has 0 fully saturated rings. The number of nitrogens with one attached hydrogen (secondary N) is 1. The fourth-order valence-electron chi connectivity index (χ4n) is 3.43. The number of aromatic nitrogens is 2. The zero-order valence-electron chi connectivity index (χ0n) is 16.6. The van der Waals surface area contributed by atoms with Crippen LogP contribution in [0.1, 0.15) is 29.8 Å². The number of amides is 1. The van der Waals surface area contributed by atoms with Gasteiger partial charge in [0, 0.05) is 18.8 Å². The Kier molecular flexibility index (Phi) is 6.98. The summed E-state index contributed by atoms with van der Waals surface area (Å²) in [6, 6.07) is 20.5. The first-order valence-electron chi connectivity index (χ1n) is 9.87. The van der Waals surface area contributed by atoms with Gasteiger partial charge in [0.2, 0.25) is 0 Å². The van der Waals surface area contributed by atoms with Crippen molar-refractivity contribution in [3.8, 4) is 5.69 Å². The topological polar surface area (TPSA) is 50.2 Å². The van der Waals surface area contributed by atoms with Gasteiger partial charge in [-0.1, -0.05) is 62.4 Å². The quantitative estimate of drug-likeness (QED) is 0.621. The summed E-state index contributed by atoms with van der Waals surface area (Å²) >= 11 is 0. The van der Waals surface area contributed by atoms with Crippen LogP contribution in [0.4, 0.5) is 0 Å². The summed E-state index contributed by atoms with van der Waals surface area (Å²) in [7, 11) is 0. The molecule has 1 amide bonds. The average Bonchev–Trinajstić information content (AvgIpc) is 3.24. The lowest BCUT2D eigenvalue weighted by Crippen LogP contribution is -2.45. The molecule has 146 valence electrons. The van der Waals surface area contributed by atoms with E-state index in [0.717, 1.165) is 25.2 Å². The zero-order chi connectivity index (χ0) is 19.8. The number of para-hydroxylation sites is 1. The number of hydrogen-bond acceptors (Lipinski definition) is 3. The number of hydrogen-bond donors (Lipinski definition) is 1. The first kappa shape index (κ1) is 19.8. The molecule has 1 heterocycles. The van der Waals surface area contributed by atoms with Gasteiger partial charge in [-0.2, -0.15) is 5.10 Å². The Morgan fingerprint density at radius 1 is 1.04 bits per heavy atom. The minimum Gasteiger partial charge on any atom is -0.350 e. The molecule has 0 aliphatic rings. The molecule has 1 unspecified atom stereocenters. The van der Waals surface area contributed by atoms with Crippen molar-refractivity contribution in [3.63, 3.8) is 0 Å². The first-order valence-corrected chi connectivity index (χ1v) is 9.87. The standard InChI is InChI=1S/C23H28N4O/c1-3-26(4-2)22(15-19-11-7-5-8-12-19)17-24-23(28)20-16-25-27(18-20)21-13-9-6-10-14-21/h5-14,16,18,22H,3-4,15,17H2,1-2H3,(H,24,28). The van der Waals surface area contributed by atoms with Gasteiger partial charge in [-0.3, -0.25) is 9.69 Å². The van der Waals surface area contributed by atoms with E-state index < -0.39 is 0 Å². The summed E-state index contributed by atoms with van der Waals surface area (Å²) in [6.45, 7) is 6.83. The molecule has 0 aliphatic carbocycles. The number of likely N-dealkylation sites (N-methyl/N-ethyl adjacent to an activating group) is 1. The molecular weight excluding hydrogens is 348 g/mol. The van der Waals surface area contributed by atoms with Crippen LogP contribution in [0.15, 0.2) is 73.1 Å². The van der Waals surface area contributed by atoms with Crippen LogP contribution < -0.4 is 5.32 Å². The largest absolute Gasteiger partial charge is 0.350 e. The van der Waals surface area contributed by atoms with Gasteiger partial charge in [-0.05, 0) is 37.2 Å². The molecule has 1 N–H and O–H groups in total. The molecule has 2 aromatic carbocycles. The average molecular weight is 377 g/mol. The molecule has 1 aromatic heterocycles. The highest BCUT2D eigenvalue weighted by molar-refractivity contribution is 5.93. The van der Waals surface area contributed by atoms with Crippen molar-refractivity contribution in [2.45, 2.75) is 26.3 Å². The lowest BCUT2D eigenvalue weighted by atomic mass is 10.0. The van der Waals surface area contributed by atoms with Gasteiger partial charge in [-0.15, -0.1) is 0 Å². The monoisotopic (exact) mass is 376 g/mol. The number of rotatable bonds is 9. The summed E-state index contributed by atoms with van der Waals surface area (Å²) in [5.41, 5.74) is 2.79. The maximum Gasteiger partial charge on any atom is 0.254 e. The minimum absolute atomic E-state index is 0.0904. The van der Waals surface area contributed by atoms with E-state index in [1.807, 2.05) is 36.4 Å². The van der Waals surface area contributed by atoms with Crippen molar-refractivity contribution in [2.24, 2.45) is 0 Å². The molecule has 3 aromatic rings. The van der Waals surface area contributed by atoms with E-state index in [1.165, 1.54) is 5.56 Å². The molecule has 5 nitrogen and oxygen atoms in total. The van der Waals surface area contributed by atoms with Crippen molar-refractivity contribution < 1.29 is 4.79 Å². The van der Waals surface area contributed by atoms with Crippen molar-refractivity contribution in [2.75, 3.05) is 19.6 Å². The van der Waals surface area contributed by atoms with Gasteiger partial charge in [-0.25, -0.2) is 4.68 Å². The minimum atomic E-state index is -0.0904. The Labute approximate surface area is 167 Å². The summed E-state index contributed by atoms with van der Waals surface area (Å²) in [4.78, 5) is 15.1. The van der Waals surface area contributed by atoms with Gasteiger partial charge < -0.3 is 5.32 Å². The Hall–Kier alpha value is -2.92. The summed E-state index contributed by atoms with van der Waals surface area (Å²) in [5, 5.41) is 7.41. The fourth-order valence-corrected chi connectivity index (χ4v) is 3.43. The van der Waals surface area contributed by atoms with Crippen LogP contribution in [0, 0.1) is 0 Å². The number of carbonyl (C=O) groups is 1. The Balaban J connectivity index is 1.65. The van der Waals surface area contributed by atoms with Crippen LogP contribution in [0.3, 0.4) is 0 Å². The van der Waals surface area contributed by atoms with Crippen LogP contribution in [0.25, 0.3) is 5.69 Å². The van der Waals surface area contributed by atoms with Crippen LogP contribution >= 0.6 is 0 Å². The third kappa shape index (κ3) is 5.08. The Morgan fingerprint density at radius 2 is 1.68 bits per heavy atom. The van der Waals surface area contributed by atoms with Crippen LogP contribution in [0.2, 0.25) is 0 Å². The van der Waals surface area contributed by atoms with Gasteiger partial charge >= 0.3 is 0 Å². The van der Waals surface area contributed by atoms with Gasteiger partial charge in [0.25, 0.3) is 5.91 Å². The summed E-state index contributed by atoms with van der Waals surface area (Å²) in [5.74, 6) is -0.0904. The second kappa shape index (κ2) is 9.85. The molecule has 0 bridgehead atoms. The second-order valence-corrected chi connectivity index (χ2v) is 6.78. The number of benzene rings is 2. The molecule has 0 radical (unpaired) electrons. The summed E-state index contributed by atoms with van der Waals surface area (Å²) < 4.78 is 1.72. The fraction of sp³-hybridized carbons (Fsp3) is 0.304. The Bertz CT molecular complexity index is 857. The number of carbonyl (C=O) groups excluding carboxylic acids is 1. The second-order valence-electron chi connectivity index (χ2n) is 6.78. The lowest BCUT2D eigenvalue weighted by molar-refractivity contribution is 0.0934. The van der Waals surface area contributed by atoms with E-state index in [9.17, 15) is 4.79 Å². The third-order valence-electron chi connectivity index (χ3n) is 5.01. The molecule has 0 saturated heterocycles. The first-order chi connectivity index (χ1) is 13.7. The Morgan fingerprint density at radius 3 is 2.32 bits per heavy atom. The van der Waals surface area contributed by atoms with E-state index in [1.54, 1.807) is 17.1 Å². The lowest BCUT2D eigenvalue weighted by Gasteiger charge is -2.30. The third-order valence-corrected chi connectivity index (χ3v) is 5.01. The summed E-state index contributed by atoms with van der Waals surface area (Å²) in [6.07, 6.45) is 4.30. The highest BCUT2D eigenvalue weighted by Gasteiger charge is 2.18. The van der Waals surface area contributed by atoms with E-state index in [0.29, 0.717) is 12.1 Å². The molecule has 5 heteroatoms. The predicted octanol–water partition coefficient (Wildman–Crippen LogP) is 3.56. The van der Waals surface area contributed by atoms with E-state index in [4.69, 9.17) is 0 Å². The van der Waals surface area contributed by atoms with Crippen molar-refractivity contribution >= 4 is 5.91 Å². The SMILES string of the molecule is CCN(CC)C(CNC(=O)c1cnn(-c2ccccc2)c1)Cc1ccccc1. The predicted molar refractivity (Wildman–Crippen MR) is 113 cm³/mol. The number of nitrogens with zero attached hydrogens (tertiary/aromatic N) is 3. The highest BCUT2D eigenvalue weighted by atomic mass is 16.1. The molecule has 0 saturated carbocycles. The zero-order valence-corrected chi connectivity index (χ0v) is 16.6. The molecule has 1 atom stereocenters. The van der Waals surface area contributed by atoms with E-state index in [2.05, 4.69) is 53.4 Å².